The minimum atomic E-state index is -1.40. The Morgan fingerprint density at radius 1 is 1.36 bits per heavy atom. The van der Waals surface area contributed by atoms with Crippen molar-refractivity contribution >= 4 is 22.1 Å². The maximum Gasteiger partial charge on any atom is 0.241 e. The van der Waals surface area contributed by atoms with E-state index in [9.17, 15) is 0 Å². The molecular formula is C7H19NOSi2. The third-order valence-electron chi connectivity index (χ3n) is 1.17. The summed E-state index contributed by atoms with van der Waals surface area (Å²) in [4.78, 5) is 0. The third kappa shape index (κ3) is 5.35. The van der Waals surface area contributed by atoms with E-state index in [0.29, 0.717) is 6.54 Å². The van der Waals surface area contributed by atoms with Gasteiger partial charge in [-0.25, -0.2) is 0 Å². The molecule has 0 saturated carbocycles. The van der Waals surface area contributed by atoms with Crippen molar-refractivity contribution in [2.24, 2.45) is 5.73 Å². The Hall–Kier alpha value is 0.0638. The summed E-state index contributed by atoms with van der Waals surface area (Å²) in [7, 11) is -1.85. The van der Waals surface area contributed by atoms with Crippen LogP contribution in [0.1, 0.15) is 0 Å². The van der Waals surface area contributed by atoms with Gasteiger partial charge in [0, 0.05) is 6.54 Å². The highest BCUT2D eigenvalue weighted by Gasteiger charge is 2.17. The molecule has 66 valence electrons. The topological polar surface area (TPSA) is 35.2 Å². The normalized spacial score (nSPS) is 11.1. The highest BCUT2D eigenvalue weighted by molar-refractivity contribution is 6.76. The van der Waals surface area contributed by atoms with Crippen LogP contribution in [-0.4, -0.2) is 28.6 Å². The van der Waals surface area contributed by atoms with Gasteiger partial charge in [0.05, 0.1) is 13.8 Å². The van der Waals surface area contributed by atoms with Crippen LogP contribution in [0.4, 0.5) is 0 Å². The molecule has 0 amide bonds. The molecule has 0 heterocycles. The fraction of sp³-hybridized carbons (Fsp3) is 0.857. The molecule has 11 heavy (non-hydrogen) atoms. The fourth-order valence-electron chi connectivity index (χ4n) is 0.717. The van der Waals surface area contributed by atoms with Crippen molar-refractivity contribution in [1.29, 1.82) is 0 Å². The molecule has 0 unspecified atom stereocenters. The molecule has 0 radical (unpaired) electrons. The maximum absolute atomic E-state index is 5.82. The molecule has 4 heteroatoms. The van der Waals surface area contributed by atoms with Gasteiger partial charge >= 0.3 is 0 Å². The Kier molecular flexibility index (Phi) is 4.20. The van der Waals surface area contributed by atoms with E-state index in [0.717, 1.165) is 5.35 Å². The van der Waals surface area contributed by atoms with Gasteiger partial charge in [-0.1, -0.05) is 13.1 Å². The summed E-state index contributed by atoms with van der Waals surface area (Å²) in [5, 5.41) is 1.15. The lowest BCUT2D eigenvalue weighted by Gasteiger charge is -2.22. The first-order chi connectivity index (χ1) is 4.87. The fourth-order valence-corrected chi connectivity index (χ4v) is 3.68. The van der Waals surface area contributed by atoms with E-state index in [1.54, 1.807) is 0 Å². The van der Waals surface area contributed by atoms with Crippen molar-refractivity contribution in [1.82, 2.24) is 0 Å². The van der Waals surface area contributed by atoms with Crippen LogP contribution in [0.15, 0.2) is 0 Å². The number of hydrogen-bond acceptors (Lipinski definition) is 2. The summed E-state index contributed by atoms with van der Waals surface area (Å²) in [6.45, 7) is 11.6. The molecule has 0 aromatic heterocycles. The molecule has 0 aliphatic rings. The van der Waals surface area contributed by atoms with Gasteiger partial charge in [0.15, 0.2) is 0 Å². The first kappa shape index (κ1) is 11.1. The van der Waals surface area contributed by atoms with Gasteiger partial charge in [-0.05, 0) is 19.6 Å². The second kappa shape index (κ2) is 4.18. The molecule has 0 aliphatic carbocycles. The van der Waals surface area contributed by atoms with Crippen LogP contribution in [0, 0.1) is 0 Å². The molecular weight excluding hydrogens is 170 g/mol. The van der Waals surface area contributed by atoms with E-state index in [1.807, 2.05) is 0 Å². The Morgan fingerprint density at radius 3 is 1.91 bits per heavy atom. The summed E-state index contributed by atoms with van der Waals surface area (Å²) in [5.74, 6) is 0. The highest BCUT2D eigenvalue weighted by Crippen LogP contribution is 2.02. The minimum absolute atomic E-state index is 0.453. The largest absolute Gasteiger partial charge is 0.551 e. The van der Waals surface area contributed by atoms with Crippen LogP contribution < -0.4 is 5.73 Å². The van der Waals surface area contributed by atoms with E-state index in [1.165, 1.54) is 0 Å². The summed E-state index contributed by atoms with van der Waals surface area (Å²) in [6, 6.07) is 0. The van der Waals surface area contributed by atoms with Crippen LogP contribution >= 0.6 is 0 Å². The van der Waals surface area contributed by atoms with E-state index in [-0.39, 0.29) is 0 Å². The number of rotatable bonds is 3. The predicted octanol–water partition coefficient (Wildman–Crippen LogP) is 1.26. The van der Waals surface area contributed by atoms with Crippen molar-refractivity contribution in [2.45, 2.75) is 32.7 Å². The van der Waals surface area contributed by atoms with Crippen LogP contribution in [-0.2, 0) is 4.43 Å². The molecule has 0 aromatic carbocycles. The van der Waals surface area contributed by atoms with E-state index in [4.69, 9.17) is 10.2 Å². The lowest BCUT2D eigenvalue weighted by Crippen LogP contribution is -2.36. The molecule has 0 aliphatic heterocycles. The average molecular weight is 189 g/mol. The SMILES string of the molecule is C[Si](C)=C(CN)O[Si](C)(C)C. The highest BCUT2D eigenvalue weighted by atomic mass is 28.4. The summed E-state index contributed by atoms with van der Waals surface area (Å²) in [6.07, 6.45) is 0. The van der Waals surface area contributed by atoms with Crippen molar-refractivity contribution in [3.63, 3.8) is 0 Å². The lowest BCUT2D eigenvalue weighted by atomic mass is 10.7. The molecule has 0 spiro atoms. The zero-order valence-electron chi connectivity index (χ0n) is 8.19. The van der Waals surface area contributed by atoms with Gasteiger partial charge in [0.1, 0.15) is 0 Å². The molecule has 2 N–H and O–H groups in total. The summed E-state index contributed by atoms with van der Waals surface area (Å²) < 4.78 is 5.82. The standard InChI is InChI=1S/C7H19NOSi2/c1-10(2)7(6-8)9-11(3,4)5/h6,8H2,1-5H3. The minimum Gasteiger partial charge on any atom is -0.551 e. The van der Waals surface area contributed by atoms with Gasteiger partial charge in [-0.15, -0.1) is 0 Å². The molecule has 0 bridgehead atoms. The van der Waals surface area contributed by atoms with E-state index >= 15 is 0 Å². The molecule has 0 aromatic rings. The van der Waals surface area contributed by atoms with E-state index < -0.39 is 16.7 Å². The molecule has 0 fully saturated rings. The van der Waals surface area contributed by atoms with Gasteiger partial charge in [0.2, 0.25) is 8.32 Å². The van der Waals surface area contributed by atoms with Crippen molar-refractivity contribution in [3.05, 3.63) is 0 Å². The molecule has 0 saturated heterocycles. The van der Waals surface area contributed by atoms with Crippen molar-refractivity contribution in [2.75, 3.05) is 6.54 Å². The zero-order valence-corrected chi connectivity index (χ0v) is 10.2. The maximum atomic E-state index is 5.82. The van der Waals surface area contributed by atoms with Gasteiger partial charge in [-0.3, -0.25) is 0 Å². The first-order valence-electron chi connectivity index (χ1n) is 3.92. The van der Waals surface area contributed by atoms with Crippen molar-refractivity contribution in [3.8, 4) is 0 Å². The van der Waals surface area contributed by atoms with Gasteiger partial charge in [0.25, 0.3) is 0 Å². The Morgan fingerprint density at radius 2 is 1.82 bits per heavy atom. The predicted molar refractivity (Wildman–Crippen MR) is 56.0 cm³/mol. The van der Waals surface area contributed by atoms with Crippen LogP contribution in [0.5, 0.6) is 0 Å². The summed E-state index contributed by atoms with van der Waals surface area (Å²) >= 11 is 0. The van der Waals surface area contributed by atoms with Crippen LogP contribution in [0.2, 0.25) is 32.7 Å². The summed E-state index contributed by atoms with van der Waals surface area (Å²) in [5.41, 5.74) is 5.57. The smallest absolute Gasteiger partial charge is 0.241 e. The third-order valence-corrected chi connectivity index (χ3v) is 3.66. The number of nitrogens with two attached hydrogens (primary N) is 1. The first-order valence-corrected chi connectivity index (χ1v) is 9.83. The molecule has 0 rings (SSSR count). The monoisotopic (exact) mass is 189 g/mol. The van der Waals surface area contributed by atoms with E-state index in [2.05, 4.69) is 32.7 Å². The Labute approximate surface area is 72.1 Å². The average Bonchev–Trinajstić information content (AvgIpc) is 1.80. The molecule has 0 atom stereocenters. The zero-order chi connectivity index (χ0) is 9.07. The Balaban J connectivity index is 4.23. The van der Waals surface area contributed by atoms with Crippen LogP contribution in [0.25, 0.3) is 0 Å². The van der Waals surface area contributed by atoms with Gasteiger partial charge in [-0.2, -0.15) is 0 Å². The second-order valence-electron chi connectivity index (χ2n) is 3.84. The quantitative estimate of drug-likeness (QED) is 0.679. The van der Waals surface area contributed by atoms with Crippen molar-refractivity contribution < 1.29 is 4.43 Å². The Bertz CT molecular complexity index is 156. The lowest BCUT2D eigenvalue weighted by molar-refractivity contribution is 0.554. The molecule has 2 nitrogen and oxygen atoms in total. The van der Waals surface area contributed by atoms with Gasteiger partial charge < -0.3 is 10.2 Å². The van der Waals surface area contributed by atoms with Crippen LogP contribution in [0.3, 0.4) is 0 Å². The number of hydrogen-bond donors (Lipinski definition) is 1. The second-order valence-corrected chi connectivity index (χ2v) is 10.8.